The highest BCUT2D eigenvalue weighted by Gasteiger charge is 2.66. The second-order valence-corrected chi connectivity index (χ2v) is 7.23. The highest BCUT2D eigenvalue weighted by atomic mass is 32.2. The summed E-state index contributed by atoms with van der Waals surface area (Å²) in [5.41, 5.74) is 9.86. The lowest BCUT2D eigenvalue weighted by Gasteiger charge is -2.54. The molecular formula is C17H17N3O6S. The predicted molar refractivity (Wildman–Crippen MR) is 95.4 cm³/mol. The largest absolute Gasteiger partial charge is 0.477 e. The number of Topliss-reactive ketones (excluding diaryl/α,β-unsaturated/α-hetero) is 1. The van der Waals surface area contributed by atoms with E-state index < -0.39 is 34.7 Å². The van der Waals surface area contributed by atoms with E-state index in [9.17, 15) is 24.3 Å². The zero-order chi connectivity index (χ0) is 19.8. The summed E-state index contributed by atoms with van der Waals surface area (Å²) in [6.07, 6.45) is -1.09. The van der Waals surface area contributed by atoms with Crippen LogP contribution in [0.1, 0.15) is 5.56 Å². The summed E-state index contributed by atoms with van der Waals surface area (Å²) < 4.78 is 4.65. The minimum absolute atomic E-state index is 0.0300. The maximum atomic E-state index is 12.7. The zero-order valence-corrected chi connectivity index (χ0v) is 14.9. The van der Waals surface area contributed by atoms with Gasteiger partial charge in [0.2, 0.25) is 0 Å². The van der Waals surface area contributed by atoms with Crippen LogP contribution in [0.15, 0.2) is 41.6 Å². The van der Waals surface area contributed by atoms with Gasteiger partial charge >= 0.3 is 12.1 Å². The van der Waals surface area contributed by atoms with Crippen LogP contribution in [0.2, 0.25) is 0 Å². The van der Waals surface area contributed by atoms with Crippen molar-refractivity contribution < 1.29 is 29.0 Å². The molecule has 0 radical (unpaired) electrons. The van der Waals surface area contributed by atoms with Crippen molar-refractivity contribution in [1.29, 1.82) is 0 Å². The predicted octanol–water partition coefficient (Wildman–Crippen LogP) is -0.155. The molecule has 1 aromatic rings. The summed E-state index contributed by atoms with van der Waals surface area (Å²) in [6.45, 7) is -0.351. The van der Waals surface area contributed by atoms with Gasteiger partial charge in [-0.05, 0) is 5.56 Å². The molecule has 27 heavy (non-hydrogen) atoms. The van der Waals surface area contributed by atoms with Gasteiger partial charge in [-0.3, -0.25) is 14.5 Å². The number of β-lactam (4-membered cyclic amide) rings is 1. The molecule has 10 heteroatoms. The molecule has 1 aromatic carbocycles. The van der Waals surface area contributed by atoms with Gasteiger partial charge in [0.1, 0.15) is 17.7 Å². The molecule has 5 N–H and O–H groups in total. The van der Waals surface area contributed by atoms with E-state index >= 15 is 0 Å². The number of benzene rings is 1. The van der Waals surface area contributed by atoms with Crippen molar-refractivity contribution in [3.05, 3.63) is 47.2 Å². The Bertz CT molecular complexity index is 855. The van der Waals surface area contributed by atoms with Crippen molar-refractivity contribution in [2.24, 2.45) is 11.5 Å². The quantitative estimate of drug-likeness (QED) is 0.447. The fourth-order valence-electron chi connectivity index (χ4n) is 3.10. The molecule has 2 amide bonds. The number of rotatable bonds is 6. The van der Waals surface area contributed by atoms with Crippen molar-refractivity contribution in [3.8, 4) is 0 Å². The molecule has 0 bridgehead atoms. The average Bonchev–Trinajstić information content (AvgIpc) is 2.65. The third-order valence-electron chi connectivity index (χ3n) is 4.45. The molecule has 9 nitrogen and oxygen atoms in total. The summed E-state index contributed by atoms with van der Waals surface area (Å²) in [5.74, 6) is -2.49. The molecule has 142 valence electrons. The molecule has 2 atom stereocenters. The van der Waals surface area contributed by atoms with Gasteiger partial charge in [0, 0.05) is 17.7 Å². The van der Waals surface area contributed by atoms with E-state index in [2.05, 4.69) is 4.74 Å². The number of ketones is 1. The number of primary amides is 1. The summed E-state index contributed by atoms with van der Waals surface area (Å²) in [5, 5.41) is 8.67. The van der Waals surface area contributed by atoms with Gasteiger partial charge in [0.05, 0.1) is 0 Å². The standard InChI is InChI=1S/C17H17N3O6S/c18-16(25)26-7-10-8-27-15-17(19,14(24)20(15)12(10)13(22)23)11(21)6-9-4-2-1-3-5-9/h1-5,15H,6-8,19H2,(H2,18,25)(H,22,23)/t15-,17?/m0/s1. The molecule has 0 aliphatic carbocycles. The molecule has 2 aliphatic rings. The van der Waals surface area contributed by atoms with Gasteiger partial charge in [-0.2, -0.15) is 0 Å². The monoisotopic (exact) mass is 391 g/mol. The highest BCUT2D eigenvalue weighted by molar-refractivity contribution is 8.00. The zero-order valence-electron chi connectivity index (χ0n) is 14.1. The molecule has 3 rings (SSSR count). The minimum Gasteiger partial charge on any atom is -0.477 e. The fourth-order valence-corrected chi connectivity index (χ4v) is 4.52. The van der Waals surface area contributed by atoms with Crippen LogP contribution in [0.3, 0.4) is 0 Å². The Morgan fingerprint density at radius 3 is 2.56 bits per heavy atom. The molecule has 0 aromatic heterocycles. The first-order valence-electron chi connectivity index (χ1n) is 7.95. The maximum Gasteiger partial charge on any atom is 0.404 e. The molecule has 2 heterocycles. The van der Waals surface area contributed by atoms with Crippen LogP contribution in [0, 0.1) is 0 Å². The van der Waals surface area contributed by atoms with E-state index in [1.165, 1.54) is 0 Å². The Morgan fingerprint density at radius 1 is 1.30 bits per heavy atom. The first-order chi connectivity index (χ1) is 12.8. The van der Waals surface area contributed by atoms with Crippen LogP contribution >= 0.6 is 11.8 Å². The second kappa shape index (κ2) is 7.05. The molecule has 0 spiro atoms. The molecular weight excluding hydrogens is 374 g/mol. The summed E-state index contributed by atoms with van der Waals surface area (Å²) >= 11 is 1.15. The van der Waals surface area contributed by atoms with Gasteiger partial charge < -0.3 is 21.3 Å². The first-order valence-corrected chi connectivity index (χ1v) is 9.00. The van der Waals surface area contributed by atoms with Crippen molar-refractivity contribution in [1.82, 2.24) is 4.90 Å². The number of carboxylic acid groups (broad SMARTS) is 1. The van der Waals surface area contributed by atoms with Gasteiger partial charge in [-0.25, -0.2) is 9.59 Å². The van der Waals surface area contributed by atoms with E-state index in [0.29, 0.717) is 5.56 Å². The van der Waals surface area contributed by atoms with E-state index in [0.717, 1.165) is 16.7 Å². The van der Waals surface area contributed by atoms with Crippen molar-refractivity contribution in [2.75, 3.05) is 12.4 Å². The number of thioether (sulfide) groups is 1. The smallest absolute Gasteiger partial charge is 0.404 e. The van der Waals surface area contributed by atoms with Crippen LogP contribution < -0.4 is 11.5 Å². The summed E-state index contributed by atoms with van der Waals surface area (Å²) in [4.78, 5) is 48.8. The van der Waals surface area contributed by atoms with E-state index in [-0.39, 0.29) is 30.1 Å². The van der Waals surface area contributed by atoms with Gasteiger partial charge in [-0.1, -0.05) is 30.3 Å². The first kappa shape index (κ1) is 18.9. The van der Waals surface area contributed by atoms with Crippen LogP contribution in [0.25, 0.3) is 0 Å². The highest BCUT2D eigenvalue weighted by Crippen LogP contribution is 2.45. The number of carbonyl (C=O) groups excluding carboxylic acids is 3. The van der Waals surface area contributed by atoms with Gasteiger partial charge in [0.25, 0.3) is 5.91 Å². The topological polar surface area (TPSA) is 153 Å². The molecule has 1 unspecified atom stereocenters. The third kappa shape index (κ3) is 3.17. The van der Waals surface area contributed by atoms with E-state index in [4.69, 9.17) is 11.5 Å². The number of carbonyl (C=O) groups is 4. The van der Waals surface area contributed by atoms with Crippen LogP contribution in [0.4, 0.5) is 4.79 Å². The number of nitrogens with zero attached hydrogens (tertiary/aromatic N) is 1. The number of carboxylic acids is 1. The van der Waals surface area contributed by atoms with Crippen LogP contribution in [-0.2, 0) is 25.5 Å². The number of hydrogen-bond donors (Lipinski definition) is 3. The Morgan fingerprint density at radius 2 is 1.96 bits per heavy atom. The minimum atomic E-state index is -1.79. The molecule has 2 aliphatic heterocycles. The Kier molecular flexibility index (Phi) is 4.94. The van der Waals surface area contributed by atoms with E-state index in [1.54, 1.807) is 30.3 Å². The second-order valence-electron chi connectivity index (χ2n) is 6.16. The fraction of sp³-hybridized carbons (Fsp3) is 0.294. The number of aliphatic carboxylic acids is 1. The SMILES string of the molecule is NC(=O)OCC1=C(C(=O)O)N2C(=O)C(N)(C(=O)Cc3ccccc3)[C@@H]2SC1. The number of fused-ring (bicyclic) bond motifs is 1. The van der Waals surface area contributed by atoms with Crippen LogP contribution in [0.5, 0.6) is 0 Å². The average molecular weight is 391 g/mol. The van der Waals surface area contributed by atoms with Crippen LogP contribution in [-0.4, -0.2) is 57.0 Å². The Hall–Kier alpha value is -2.85. The Labute approximate surface area is 158 Å². The number of nitrogens with two attached hydrogens (primary N) is 2. The maximum absolute atomic E-state index is 12.7. The molecule has 1 fully saturated rings. The van der Waals surface area contributed by atoms with Crippen molar-refractivity contribution in [3.63, 3.8) is 0 Å². The third-order valence-corrected chi connectivity index (χ3v) is 5.86. The summed E-state index contributed by atoms with van der Waals surface area (Å²) in [7, 11) is 0. The molecule has 1 saturated heterocycles. The van der Waals surface area contributed by atoms with Gasteiger partial charge in [-0.15, -0.1) is 11.8 Å². The van der Waals surface area contributed by atoms with Gasteiger partial charge in [0.15, 0.2) is 11.3 Å². The van der Waals surface area contributed by atoms with Crippen molar-refractivity contribution in [2.45, 2.75) is 17.3 Å². The summed E-state index contributed by atoms with van der Waals surface area (Å²) in [6, 6.07) is 8.84. The lowest BCUT2D eigenvalue weighted by Crippen LogP contribution is -2.81. The lowest BCUT2D eigenvalue weighted by molar-refractivity contribution is -0.159. The number of hydrogen-bond acceptors (Lipinski definition) is 7. The number of amides is 2. The van der Waals surface area contributed by atoms with Crippen molar-refractivity contribution >= 4 is 35.5 Å². The Balaban J connectivity index is 1.85. The normalized spacial score (nSPS) is 24.1. The lowest BCUT2D eigenvalue weighted by atomic mass is 9.81. The van der Waals surface area contributed by atoms with E-state index in [1.807, 2.05) is 0 Å². The number of ether oxygens (including phenoxy) is 1. The molecule has 0 saturated carbocycles.